The first kappa shape index (κ1) is 13.2. The van der Waals surface area contributed by atoms with Crippen LogP contribution in [0, 0.1) is 0 Å². The summed E-state index contributed by atoms with van der Waals surface area (Å²) in [5.41, 5.74) is 10.4. The lowest BCUT2D eigenvalue weighted by Gasteiger charge is -2.20. The van der Waals surface area contributed by atoms with Gasteiger partial charge in [0.05, 0.1) is 0 Å². The van der Waals surface area contributed by atoms with Crippen LogP contribution in [0.1, 0.15) is 27.2 Å². The van der Waals surface area contributed by atoms with E-state index in [1.54, 1.807) is 0 Å². The minimum atomic E-state index is -0.458. The second-order valence-corrected chi connectivity index (χ2v) is 4.21. The average molecular weight is 203 g/mol. The predicted octanol–water partition coefficient (Wildman–Crippen LogP) is 0.187. The van der Waals surface area contributed by atoms with Crippen molar-refractivity contribution in [3.05, 3.63) is 0 Å². The van der Waals surface area contributed by atoms with Crippen molar-refractivity contribution in [2.45, 2.75) is 38.8 Å². The van der Waals surface area contributed by atoms with Gasteiger partial charge in [0.25, 0.3) is 0 Å². The second-order valence-electron chi connectivity index (χ2n) is 4.21. The van der Waals surface area contributed by atoms with Crippen LogP contribution in [0.5, 0.6) is 0 Å². The Morgan fingerprint density at radius 2 is 2.07 bits per heavy atom. The number of ether oxygens (including phenoxy) is 1. The average Bonchev–Trinajstić information content (AvgIpc) is 2.00. The topological polar surface area (TPSA) is 90.4 Å². The maximum atomic E-state index is 11.1. The molecule has 5 heteroatoms. The molecule has 0 radical (unpaired) electrons. The van der Waals surface area contributed by atoms with Gasteiger partial charge in [-0.3, -0.25) is 0 Å². The molecule has 14 heavy (non-hydrogen) atoms. The van der Waals surface area contributed by atoms with Crippen LogP contribution in [0.3, 0.4) is 0 Å². The van der Waals surface area contributed by atoms with Gasteiger partial charge in [0, 0.05) is 19.1 Å². The van der Waals surface area contributed by atoms with Crippen LogP contribution in [-0.2, 0) is 4.74 Å². The molecular formula is C9H21N3O2. The summed E-state index contributed by atoms with van der Waals surface area (Å²) in [6.07, 6.45) is 0.247. The number of alkyl carbamates (subject to hydrolysis) is 1. The maximum absolute atomic E-state index is 11.1. The zero-order chi connectivity index (χ0) is 11.2. The lowest BCUT2D eigenvalue weighted by Crippen LogP contribution is -2.37. The SMILES string of the molecule is CC(C)(C)OC(=O)NCCC(N)CN. The highest BCUT2D eigenvalue weighted by Gasteiger charge is 2.15. The van der Waals surface area contributed by atoms with Crippen molar-refractivity contribution >= 4 is 6.09 Å². The Kier molecular flexibility index (Phi) is 5.49. The molecule has 0 aromatic heterocycles. The molecule has 5 nitrogen and oxygen atoms in total. The Balaban J connectivity index is 3.55. The smallest absolute Gasteiger partial charge is 0.407 e. The van der Waals surface area contributed by atoms with Gasteiger partial charge >= 0.3 is 6.09 Å². The van der Waals surface area contributed by atoms with E-state index in [1.165, 1.54) is 0 Å². The first-order chi connectivity index (χ1) is 6.35. The molecule has 0 aliphatic rings. The number of amides is 1. The van der Waals surface area contributed by atoms with Crippen molar-refractivity contribution in [1.29, 1.82) is 0 Å². The summed E-state index contributed by atoms with van der Waals surface area (Å²) in [6, 6.07) is -0.0649. The molecule has 0 aromatic carbocycles. The summed E-state index contributed by atoms with van der Waals surface area (Å²) in [5.74, 6) is 0. The molecule has 0 aliphatic heterocycles. The molecule has 0 saturated heterocycles. The fraction of sp³-hybridized carbons (Fsp3) is 0.889. The van der Waals surface area contributed by atoms with Crippen molar-refractivity contribution < 1.29 is 9.53 Å². The van der Waals surface area contributed by atoms with Gasteiger partial charge in [0.2, 0.25) is 0 Å². The molecule has 84 valence electrons. The summed E-state index contributed by atoms with van der Waals surface area (Å²) in [5, 5.41) is 2.61. The molecule has 0 bridgehead atoms. The first-order valence-corrected chi connectivity index (χ1v) is 4.77. The molecule has 0 spiro atoms. The standard InChI is InChI=1S/C9H21N3O2/c1-9(2,3)14-8(13)12-5-4-7(11)6-10/h7H,4-6,10-11H2,1-3H3,(H,12,13). The van der Waals surface area contributed by atoms with Gasteiger partial charge in [-0.05, 0) is 27.2 Å². The quantitative estimate of drug-likeness (QED) is 0.608. The monoisotopic (exact) mass is 203 g/mol. The van der Waals surface area contributed by atoms with Crippen molar-refractivity contribution in [2.24, 2.45) is 11.5 Å². The van der Waals surface area contributed by atoms with E-state index in [0.717, 1.165) is 0 Å². The Labute approximate surface area is 85.2 Å². The zero-order valence-electron chi connectivity index (χ0n) is 9.17. The van der Waals surface area contributed by atoms with Crippen molar-refractivity contribution in [3.63, 3.8) is 0 Å². The lowest BCUT2D eigenvalue weighted by molar-refractivity contribution is 0.0526. The maximum Gasteiger partial charge on any atom is 0.407 e. The fourth-order valence-corrected chi connectivity index (χ4v) is 0.792. The number of nitrogens with one attached hydrogen (secondary N) is 1. The number of nitrogens with two attached hydrogens (primary N) is 2. The molecule has 1 atom stereocenters. The fourth-order valence-electron chi connectivity index (χ4n) is 0.792. The van der Waals surface area contributed by atoms with Crippen molar-refractivity contribution in [3.8, 4) is 0 Å². The Morgan fingerprint density at radius 3 is 2.50 bits per heavy atom. The van der Waals surface area contributed by atoms with Gasteiger partial charge in [0.15, 0.2) is 0 Å². The van der Waals surface area contributed by atoms with Crippen molar-refractivity contribution in [2.75, 3.05) is 13.1 Å². The van der Waals surface area contributed by atoms with Gasteiger partial charge in [0.1, 0.15) is 5.60 Å². The van der Waals surface area contributed by atoms with E-state index in [4.69, 9.17) is 16.2 Å². The highest BCUT2D eigenvalue weighted by Crippen LogP contribution is 2.06. The summed E-state index contributed by atoms with van der Waals surface area (Å²) < 4.78 is 5.03. The predicted molar refractivity (Wildman–Crippen MR) is 55.9 cm³/mol. The molecule has 1 unspecified atom stereocenters. The van der Waals surface area contributed by atoms with Crippen LogP contribution in [0.4, 0.5) is 4.79 Å². The first-order valence-electron chi connectivity index (χ1n) is 4.77. The normalized spacial score (nSPS) is 13.5. The lowest BCUT2D eigenvalue weighted by atomic mass is 10.2. The van der Waals surface area contributed by atoms with E-state index in [0.29, 0.717) is 19.5 Å². The van der Waals surface area contributed by atoms with Gasteiger partial charge < -0.3 is 21.5 Å². The van der Waals surface area contributed by atoms with E-state index in [2.05, 4.69) is 5.32 Å². The van der Waals surface area contributed by atoms with Gasteiger partial charge in [-0.1, -0.05) is 0 Å². The molecule has 0 heterocycles. The van der Waals surface area contributed by atoms with Gasteiger partial charge in [-0.25, -0.2) is 4.79 Å². The largest absolute Gasteiger partial charge is 0.444 e. The highest BCUT2D eigenvalue weighted by molar-refractivity contribution is 5.67. The van der Waals surface area contributed by atoms with Gasteiger partial charge in [-0.2, -0.15) is 0 Å². The number of carbonyl (C=O) groups excluding carboxylic acids is 1. The van der Waals surface area contributed by atoms with E-state index < -0.39 is 11.7 Å². The van der Waals surface area contributed by atoms with Gasteiger partial charge in [-0.15, -0.1) is 0 Å². The van der Waals surface area contributed by atoms with Crippen LogP contribution in [-0.4, -0.2) is 30.8 Å². The van der Waals surface area contributed by atoms with E-state index in [9.17, 15) is 4.79 Å². The number of carbonyl (C=O) groups is 1. The summed E-state index contributed by atoms with van der Waals surface area (Å²) in [6.45, 7) is 6.37. The van der Waals surface area contributed by atoms with E-state index in [1.807, 2.05) is 20.8 Å². The van der Waals surface area contributed by atoms with Crippen LogP contribution in [0.2, 0.25) is 0 Å². The highest BCUT2D eigenvalue weighted by atomic mass is 16.6. The third-order valence-electron chi connectivity index (χ3n) is 1.49. The minimum absolute atomic E-state index is 0.0649. The Morgan fingerprint density at radius 1 is 1.50 bits per heavy atom. The molecule has 0 rings (SSSR count). The van der Waals surface area contributed by atoms with Crippen LogP contribution >= 0.6 is 0 Å². The molecule has 0 aromatic rings. The molecular weight excluding hydrogens is 182 g/mol. The summed E-state index contributed by atoms with van der Waals surface area (Å²) >= 11 is 0. The Hall–Kier alpha value is -0.810. The van der Waals surface area contributed by atoms with Crippen LogP contribution in [0.25, 0.3) is 0 Å². The van der Waals surface area contributed by atoms with Crippen LogP contribution in [0.15, 0.2) is 0 Å². The number of hydrogen-bond acceptors (Lipinski definition) is 4. The molecule has 1 amide bonds. The molecule has 0 fully saturated rings. The summed E-state index contributed by atoms with van der Waals surface area (Å²) in [4.78, 5) is 11.1. The molecule has 5 N–H and O–H groups in total. The third-order valence-corrected chi connectivity index (χ3v) is 1.49. The zero-order valence-corrected chi connectivity index (χ0v) is 9.17. The number of hydrogen-bond donors (Lipinski definition) is 3. The minimum Gasteiger partial charge on any atom is -0.444 e. The Bertz CT molecular complexity index is 177. The molecule has 0 saturated carbocycles. The third kappa shape index (κ3) is 7.82. The van der Waals surface area contributed by atoms with Crippen LogP contribution < -0.4 is 16.8 Å². The van der Waals surface area contributed by atoms with Crippen molar-refractivity contribution in [1.82, 2.24) is 5.32 Å². The second kappa shape index (κ2) is 5.82. The van der Waals surface area contributed by atoms with E-state index in [-0.39, 0.29) is 6.04 Å². The number of rotatable bonds is 4. The van der Waals surface area contributed by atoms with E-state index >= 15 is 0 Å². The molecule has 0 aliphatic carbocycles. The summed E-state index contributed by atoms with van der Waals surface area (Å²) in [7, 11) is 0.